The maximum atomic E-state index is 12.2. The molecule has 0 saturated carbocycles. The van der Waals surface area contributed by atoms with Gasteiger partial charge < -0.3 is 14.7 Å². The summed E-state index contributed by atoms with van der Waals surface area (Å²) >= 11 is 0. The fraction of sp³-hybridized carbons (Fsp3) is 0.273. The second-order valence-corrected chi connectivity index (χ2v) is 3.60. The number of ether oxygens (including phenoxy) is 1. The fourth-order valence-corrected chi connectivity index (χ4v) is 1.51. The summed E-state index contributed by atoms with van der Waals surface area (Å²) in [5.41, 5.74) is -0.262. The molecule has 1 unspecified atom stereocenters. The van der Waals surface area contributed by atoms with Gasteiger partial charge in [-0.1, -0.05) is 18.2 Å². The van der Waals surface area contributed by atoms with Gasteiger partial charge in [0.1, 0.15) is 5.75 Å². The molecular weight excluding hydrogens is 267 g/mol. The number of para-hydroxylation sites is 1. The van der Waals surface area contributed by atoms with Crippen LogP contribution in [0, 0.1) is 0 Å². The van der Waals surface area contributed by atoms with E-state index in [0.717, 1.165) is 24.1 Å². The maximum Gasteiger partial charge on any atom is 0.573 e. The van der Waals surface area contributed by atoms with E-state index in [1.165, 1.54) is 12.1 Å². The maximum absolute atomic E-state index is 12.2. The molecule has 0 aromatic heterocycles. The van der Waals surface area contributed by atoms with Gasteiger partial charge in [-0.25, -0.2) is 4.79 Å². The minimum atomic E-state index is -4.95. The van der Waals surface area contributed by atoms with Crippen LogP contribution in [0.5, 0.6) is 5.75 Å². The first-order valence-electron chi connectivity index (χ1n) is 5.01. The van der Waals surface area contributed by atoms with Crippen LogP contribution in [-0.2, 0) is 9.59 Å². The second-order valence-electron chi connectivity index (χ2n) is 3.60. The number of aliphatic carboxylic acids is 1. The van der Waals surface area contributed by atoms with Crippen LogP contribution in [0.3, 0.4) is 0 Å². The molecule has 1 rings (SSSR count). The fourth-order valence-electron chi connectivity index (χ4n) is 1.51. The Labute approximate surface area is 106 Å². The molecule has 0 aliphatic heterocycles. The summed E-state index contributed by atoms with van der Waals surface area (Å²) in [6, 6.07) is 3.20. The molecule has 0 spiro atoms. The average Bonchev–Trinajstić information content (AvgIpc) is 2.29. The molecule has 1 amide bonds. The lowest BCUT2D eigenvalue weighted by atomic mass is 10.1. The minimum Gasteiger partial charge on any atom is -0.479 e. The van der Waals surface area contributed by atoms with E-state index in [1.807, 2.05) is 0 Å². The van der Waals surface area contributed by atoms with Crippen LogP contribution in [0.2, 0.25) is 0 Å². The number of halogens is 3. The number of rotatable bonds is 5. The Kier molecular flexibility index (Phi) is 4.36. The minimum absolute atomic E-state index is 0.211. The van der Waals surface area contributed by atoms with Crippen molar-refractivity contribution in [2.45, 2.75) is 12.4 Å². The third-order valence-corrected chi connectivity index (χ3v) is 2.25. The first-order chi connectivity index (χ1) is 8.76. The highest BCUT2D eigenvalue weighted by molar-refractivity contribution is 5.79. The third kappa shape index (κ3) is 3.87. The van der Waals surface area contributed by atoms with Crippen LogP contribution in [0.1, 0.15) is 11.6 Å². The zero-order valence-corrected chi connectivity index (χ0v) is 9.72. The molecule has 1 aromatic carbocycles. The molecular formula is C11H10F3NO4. The summed E-state index contributed by atoms with van der Waals surface area (Å²) in [6.07, 6.45) is -4.73. The van der Waals surface area contributed by atoms with Crippen LogP contribution < -0.4 is 4.74 Å². The quantitative estimate of drug-likeness (QED) is 0.833. The van der Waals surface area contributed by atoms with Crippen molar-refractivity contribution in [1.29, 1.82) is 0 Å². The van der Waals surface area contributed by atoms with E-state index >= 15 is 0 Å². The van der Waals surface area contributed by atoms with E-state index in [9.17, 15) is 22.8 Å². The van der Waals surface area contributed by atoms with Crippen LogP contribution in [0.25, 0.3) is 0 Å². The van der Waals surface area contributed by atoms with Gasteiger partial charge in [0.2, 0.25) is 6.41 Å². The van der Waals surface area contributed by atoms with Crippen molar-refractivity contribution in [2.75, 3.05) is 7.05 Å². The summed E-state index contributed by atoms with van der Waals surface area (Å²) in [5, 5.41) is 9.01. The Balaban J connectivity index is 3.23. The highest BCUT2D eigenvalue weighted by atomic mass is 19.4. The summed E-state index contributed by atoms with van der Waals surface area (Å²) < 4.78 is 40.4. The largest absolute Gasteiger partial charge is 0.573 e. The number of carbonyl (C=O) groups is 2. The summed E-state index contributed by atoms with van der Waals surface area (Å²) in [4.78, 5) is 22.4. The van der Waals surface area contributed by atoms with Gasteiger partial charge in [0, 0.05) is 12.6 Å². The number of carboxylic acids is 1. The molecule has 0 heterocycles. The zero-order chi connectivity index (χ0) is 14.6. The van der Waals surface area contributed by atoms with Crippen LogP contribution in [0.15, 0.2) is 24.3 Å². The number of carbonyl (C=O) groups excluding carboxylic acids is 1. The molecule has 19 heavy (non-hydrogen) atoms. The van der Waals surface area contributed by atoms with Crippen molar-refractivity contribution in [3.63, 3.8) is 0 Å². The topological polar surface area (TPSA) is 66.8 Å². The van der Waals surface area contributed by atoms with Gasteiger partial charge in [-0.15, -0.1) is 13.2 Å². The van der Waals surface area contributed by atoms with Gasteiger partial charge >= 0.3 is 12.3 Å². The molecule has 1 aromatic rings. The average molecular weight is 277 g/mol. The standard InChI is InChI=1S/C11H10F3NO4/c1-15(6-16)9(10(17)18)7-4-2-3-5-8(7)19-11(12,13)14/h2-6,9H,1H3,(H,17,18). The zero-order valence-electron chi connectivity index (χ0n) is 9.72. The van der Waals surface area contributed by atoms with Gasteiger partial charge in [-0.3, -0.25) is 4.79 Å². The molecule has 104 valence electrons. The predicted molar refractivity (Wildman–Crippen MR) is 57.3 cm³/mol. The molecule has 0 radical (unpaired) electrons. The second kappa shape index (κ2) is 5.59. The predicted octanol–water partition coefficient (Wildman–Crippen LogP) is 1.80. The lowest BCUT2D eigenvalue weighted by molar-refractivity contribution is -0.275. The highest BCUT2D eigenvalue weighted by Gasteiger charge is 2.35. The normalized spacial score (nSPS) is 12.6. The number of hydrogen-bond acceptors (Lipinski definition) is 3. The van der Waals surface area contributed by atoms with Crippen LogP contribution in [0.4, 0.5) is 13.2 Å². The van der Waals surface area contributed by atoms with Crippen LogP contribution >= 0.6 is 0 Å². The third-order valence-electron chi connectivity index (χ3n) is 2.25. The van der Waals surface area contributed by atoms with Gasteiger partial charge in [0.25, 0.3) is 0 Å². The van der Waals surface area contributed by atoms with E-state index in [-0.39, 0.29) is 12.0 Å². The Morgan fingerprint density at radius 1 is 1.42 bits per heavy atom. The molecule has 0 fully saturated rings. The number of nitrogens with zero attached hydrogens (tertiary/aromatic N) is 1. The number of carboxylic acid groups (broad SMARTS) is 1. The lowest BCUT2D eigenvalue weighted by Crippen LogP contribution is -2.30. The van der Waals surface area contributed by atoms with E-state index in [4.69, 9.17) is 5.11 Å². The Morgan fingerprint density at radius 2 is 2.00 bits per heavy atom. The van der Waals surface area contributed by atoms with Crippen molar-refractivity contribution < 1.29 is 32.6 Å². The SMILES string of the molecule is CN(C=O)C(C(=O)O)c1ccccc1OC(F)(F)F. The number of alkyl halides is 3. The Hall–Kier alpha value is -2.25. The number of amides is 1. The van der Waals surface area contributed by atoms with Gasteiger partial charge in [0.15, 0.2) is 6.04 Å². The smallest absolute Gasteiger partial charge is 0.479 e. The van der Waals surface area contributed by atoms with E-state index in [2.05, 4.69) is 4.74 Å². The van der Waals surface area contributed by atoms with E-state index in [0.29, 0.717) is 0 Å². The molecule has 0 saturated heterocycles. The van der Waals surface area contributed by atoms with Crippen molar-refractivity contribution >= 4 is 12.4 Å². The van der Waals surface area contributed by atoms with Crippen molar-refractivity contribution in [2.24, 2.45) is 0 Å². The van der Waals surface area contributed by atoms with E-state index in [1.54, 1.807) is 0 Å². The van der Waals surface area contributed by atoms with Crippen molar-refractivity contribution in [1.82, 2.24) is 4.90 Å². The number of likely N-dealkylation sites (N-methyl/N-ethyl adjacent to an activating group) is 1. The molecule has 5 nitrogen and oxygen atoms in total. The molecule has 0 aliphatic carbocycles. The van der Waals surface area contributed by atoms with Crippen molar-refractivity contribution in [3.05, 3.63) is 29.8 Å². The Morgan fingerprint density at radius 3 is 2.47 bits per heavy atom. The molecule has 0 bridgehead atoms. The van der Waals surface area contributed by atoms with Crippen molar-refractivity contribution in [3.8, 4) is 5.75 Å². The summed E-state index contributed by atoms with van der Waals surface area (Å²) in [5.74, 6) is -2.12. The number of benzene rings is 1. The highest BCUT2D eigenvalue weighted by Crippen LogP contribution is 2.32. The lowest BCUT2D eigenvalue weighted by Gasteiger charge is -2.23. The Bertz CT molecular complexity index is 475. The molecule has 1 N–H and O–H groups in total. The van der Waals surface area contributed by atoms with Gasteiger partial charge in [-0.2, -0.15) is 0 Å². The molecule has 8 heteroatoms. The molecule has 0 aliphatic rings. The number of hydrogen-bond donors (Lipinski definition) is 1. The molecule has 1 atom stereocenters. The van der Waals surface area contributed by atoms with Gasteiger partial charge in [-0.05, 0) is 6.07 Å². The summed E-state index contributed by atoms with van der Waals surface area (Å²) in [6.45, 7) is 0. The first kappa shape index (κ1) is 14.8. The van der Waals surface area contributed by atoms with Crippen LogP contribution in [-0.4, -0.2) is 35.8 Å². The van der Waals surface area contributed by atoms with E-state index < -0.39 is 24.1 Å². The van der Waals surface area contributed by atoms with Gasteiger partial charge in [0.05, 0.1) is 0 Å². The first-order valence-corrected chi connectivity index (χ1v) is 5.01. The summed E-state index contributed by atoms with van der Waals surface area (Å²) in [7, 11) is 1.15. The monoisotopic (exact) mass is 277 g/mol.